The maximum Gasteiger partial charge on any atom is 0.490 e. The maximum atomic E-state index is 12.8. The number of rotatable bonds is 5. The highest BCUT2D eigenvalue weighted by Gasteiger charge is 2.38. The number of halogens is 4. The SMILES string of the molecule is N=C1CC(N2CCCCC2=N)CCN1C(=O)CCS(=O)(=O)c1ccc2cc(Cl)ccc2c1.O=C(O)C(F)(F)F. The van der Waals surface area contributed by atoms with Crippen molar-refractivity contribution in [3.63, 3.8) is 0 Å². The first kappa shape index (κ1) is 30.4. The Morgan fingerprint density at radius 2 is 1.67 bits per heavy atom. The molecule has 0 spiro atoms. The van der Waals surface area contributed by atoms with Gasteiger partial charge in [-0.1, -0.05) is 23.7 Å². The van der Waals surface area contributed by atoms with E-state index in [-0.39, 0.29) is 34.9 Å². The molecular weight excluding hydrogens is 561 g/mol. The standard InChI is InChI=1S/C23H27ClN4O3S.C2HF3O2/c24-18-6-4-17-14-20(7-5-16(17)13-18)32(30,31)12-9-23(29)28-11-8-19(15-22(28)26)27-10-2-1-3-21(27)25;3-2(4,5)1(6)7/h4-7,13-14,19,25-26H,1-3,8-12,15H2;(H,6,7). The summed E-state index contributed by atoms with van der Waals surface area (Å²) in [7, 11) is -3.64. The van der Waals surface area contributed by atoms with E-state index < -0.39 is 22.0 Å². The molecule has 1 amide bonds. The average Bonchev–Trinajstić information content (AvgIpc) is 2.87. The van der Waals surface area contributed by atoms with Crippen molar-refractivity contribution >= 4 is 55.8 Å². The second-order valence-corrected chi connectivity index (χ2v) is 11.8. The van der Waals surface area contributed by atoms with Gasteiger partial charge in [-0.15, -0.1) is 0 Å². The third-order valence-electron chi connectivity index (χ3n) is 6.55. The molecule has 212 valence electrons. The van der Waals surface area contributed by atoms with Gasteiger partial charge >= 0.3 is 12.1 Å². The number of nitrogens with zero attached hydrogens (tertiary/aromatic N) is 2. The summed E-state index contributed by atoms with van der Waals surface area (Å²) in [5, 5.41) is 25.8. The third-order valence-corrected chi connectivity index (χ3v) is 8.50. The van der Waals surface area contributed by atoms with Crippen LogP contribution < -0.4 is 0 Å². The van der Waals surface area contributed by atoms with Gasteiger partial charge in [0.05, 0.1) is 16.5 Å². The molecule has 2 heterocycles. The van der Waals surface area contributed by atoms with Crippen LogP contribution in [0.25, 0.3) is 10.8 Å². The topological polar surface area (TPSA) is 143 Å². The van der Waals surface area contributed by atoms with Crippen LogP contribution in [0.1, 0.15) is 38.5 Å². The molecule has 0 radical (unpaired) electrons. The molecule has 4 rings (SSSR count). The zero-order valence-electron chi connectivity index (χ0n) is 20.8. The monoisotopic (exact) mass is 588 g/mol. The maximum absolute atomic E-state index is 12.8. The fraction of sp³-hybridized carbons (Fsp3) is 0.440. The molecule has 2 aromatic rings. The molecule has 0 aliphatic carbocycles. The van der Waals surface area contributed by atoms with Gasteiger partial charge in [0.25, 0.3) is 0 Å². The highest BCUT2D eigenvalue weighted by Crippen LogP contribution is 2.25. The number of carbonyl (C=O) groups is 2. The van der Waals surface area contributed by atoms with Gasteiger partial charge in [-0.25, -0.2) is 13.2 Å². The number of likely N-dealkylation sites (tertiary alicyclic amines) is 2. The van der Waals surface area contributed by atoms with Gasteiger partial charge in [0.2, 0.25) is 5.91 Å². The Kier molecular flexibility index (Phi) is 9.60. The minimum absolute atomic E-state index is 0.0779. The predicted molar refractivity (Wildman–Crippen MR) is 140 cm³/mol. The minimum Gasteiger partial charge on any atom is -0.475 e. The lowest BCUT2D eigenvalue weighted by molar-refractivity contribution is -0.192. The van der Waals surface area contributed by atoms with Crippen molar-refractivity contribution in [2.45, 2.75) is 55.6 Å². The first-order valence-electron chi connectivity index (χ1n) is 12.1. The van der Waals surface area contributed by atoms with E-state index in [1.165, 1.54) is 4.90 Å². The van der Waals surface area contributed by atoms with Crippen molar-refractivity contribution in [1.82, 2.24) is 9.80 Å². The summed E-state index contributed by atoms with van der Waals surface area (Å²) in [5.74, 6) is -2.55. The number of fused-ring (bicyclic) bond motifs is 1. The van der Waals surface area contributed by atoms with E-state index in [0.717, 1.165) is 36.6 Å². The number of alkyl halides is 3. The van der Waals surface area contributed by atoms with Gasteiger partial charge in [-0.3, -0.25) is 15.6 Å². The van der Waals surface area contributed by atoms with Crippen LogP contribution in [0.2, 0.25) is 5.02 Å². The lowest BCUT2D eigenvalue weighted by Gasteiger charge is -2.41. The van der Waals surface area contributed by atoms with Crippen LogP contribution in [0.4, 0.5) is 13.2 Å². The second kappa shape index (κ2) is 12.3. The first-order valence-corrected chi connectivity index (χ1v) is 14.2. The van der Waals surface area contributed by atoms with Crippen LogP contribution in [0.5, 0.6) is 0 Å². The number of carbonyl (C=O) groups excluding carboxylic acids is 1. The zero-order valence-corrected chi connectivity index (χ0v) is 22.4. The van der Waals surface area contributed by atoms with Gasteiger partial charge in [-0.05, 0) is 54.3 Å². The van der Waals surface area contributed by atoms with E-state index in [1.807, 2.05) is 0 Å². The van der Waals surface area contributed by atoms with Gasteiger partial charge in [-0.2, -0.15) is 13.2 Å². The number of amidine groups is 2. The molecule has 2 saturated heterocycles. The Morgan fingerprint density at radius 3 is 2.28 bits per heavy atom. The molecule has 14 heteroatoms. The number of nitrogens with one attached hydrogen (secondary N) is 2. The molecule has 0 aromatic heterocycles. The van der Waals surface area contributed by atoms with Crippen molar-refractivity contribution in [3.8, 4) is 0 Å². The number of carboxylic acids is 1. The summed E-state index contributed by atoms with van der Waals surface area (Å²) in [6.45, 7) is 1.23. The lowest BCUT2D eigenvalue weighted by Crippen LogP contribution is -2.52. The fourth-order valence-corrected chi connectivity index (χ4v) is 5.95. The van der Waals surface area contributed by atoms with Crippen molar-refractivity contribution in [2.75, 3.05) is 18.8 Å². The Morgan fingerprint density at radius 1 is 1.03 bits per heavy atom. The molecule has 0 saturated carbocycles. The van der Waals surface area contributed by atoms with Gasteiger partial charge in [0, 0.05) is 43.4 Å². The highest BCUT2D eigenvalue weighted by molar-refractivity contribution is 7.91. The number of carboxylic acid groups (broad SMARTS) is 1. The van der Waals surface area contributed by atoms with E-state index in [0.29, 0.717) is 30.2 Å². The van der Waals surface area contributed by atoms with E-state index in [2.05, 4.69) is 4.90 Å². The number of aliphatic carboxylic acids is 1. The molecule has 2 aromatic carbocycles. The van der Waals surface area contributed by atoms with Gasteiger partial charge in [0.15, 0.2) is 9.84 Å². The van der Waals surface area contributed by atoms with Crippen LogP contribution in [-0.4, -0.2) is 77.9 Å². The van der Waals surface area contributed by atoms with Gasteiger partial charge < -0.3 is 14.9 Å². The number of benzene rings is 2. The molecular formula is C25H28ClF3N4O5S. The van der Waals surface area contributed by atoms with Crippen LogP contribution >= 0.6 is 11.6 Å². The lowest BCUT2D eigenvalue weighted by atomic mass is 9.98. The number of sulfone groups is 1. The number of amides is 1. The third kappa shape index (κ3) is 7.91. The van der Waals surface area contributed by atoms with Gasteiger partial charge in [0.1, 0.15) is 5.84 Å². The predicted octanol–water partition coefficient (Wildman–Crippen LogP) is 4.72. The molecule has 9 nitrogen and oxygen atoms in total. The van der Waals surface area contributed by atoms with E-state index >= 15 is 0 Å². The Bertz CT molecular complexity index is 1380. The van der Waals surface area contributed by atoms with E-state index in [9.17, 15) is 26.4 Å². The van der Waals surface area contributed by atoms with Crippen LogP contribution in [0.3, 0.4) is 0 Å². The average molecular weight is 589 g/mol. The second-order valence-electron chi connectivity index (χ2n) is 9.26. The number of piperidine rings is 2. The summed E-state index contributed by atoms with van der Waals surface area (Å²) >= 11 is 5.99. The molecule has 1 atom stereocenters. The summed E-state index contributed by atoms with van der Waals surface area (Å²) < 4.78 is 57.4. The Balaban J connectivity index is 0.000000532. The quantitative estimate of drug-likeness (QED) is 0.461. The summed E-state index contributed by atoms with van der Waals surface area (Å²) in [6.07, 6.45) is -1.29. The van der Waals surface area contributed by atoms with Crippen LogP contribution in [-0.2, 0) is 19.4 Å². The van der Waals surface area contributed by atoms with Crippen molar-refractivity contribution in [3.05, 3.63) is 41.4 Å². The Labute approximate surface area is 228 Å². The number of hydrogen-bond acceptors (Lipinski definition) is 6. The van der Waals surface area contributed by atoms with Crippen molar-refractivity contribution < 1.29 is 36.3 Å². The summed E-state index contributed by atoms with van der Waals surface area (Å²) in [5.41, 5.74) is 0. The molecule has 2 aliphatic rings. The molecule has 2 fully saturated rings. The molecule has 39 heavy (non-hydrogen) atoms. The first-order chi connectivity index (χ1) is 18.2. The van der Waals surface area contributed by atoms with E-state index in [1.54, 1.807) is 36.4 Å². The largest absolute Gasteiger partial charge is 0.490 e. The number of hydrogen-bond donors (Lipinski definition) is 3. The summed E-state index contributed by atoms with van der Waals surface area (Å²) in [6, 6.07) is 10.2. The van der Waals surface area contributed by atoms with Crippen LogP contribution in [0.15, 0.2) is 41.3 Å². The smallest absolute Gasteiger partial charge is 0.475 e. The van der Waals surface area contributed by atoms with Crippen molar-refractivity contribution in [1.29, 1.82) is 10.8 Å². The minimum atomic E-state index is -5.08. The molecule has 2 aliphatic heterocycles. The molecule has 1 unspecified atom stereocenters. The molecule has 0 bridgehead atoms. The molecule has 3 N–H and O–H groups in total. The van der Waals surface area contributed by atoms with Crippen LogP contribution in [0, 0.1) is 10.8 Å². The van der Waals surface area contributed by atoms with E-state index in [4.69, 9.17) is 32.3 Å². The Hall–Kier alpha value is -3.19. The fourth-order valence-electron chi connectivity index (χ4n) is 4.51. The summed E-state index contributed by atoms with van der Waals surface area (Å²) in [4.78, 5) is 25.3. The normalized spacial score (nSPS) is 18.5. The van der Waals surface area contributed by atoms with Crippen molar-refractivity contribution in [2.24, 2.45) is 0 Å². The zero-order chi connectivity index (χ0) is 29.0. The highest BCUT2D eigenvalue weighted by atomic mass is 35.5.